The van der Waals surface area contributed by atoms with Gasteiger partial charge < -0.3 is 9.47 Å². The van der Waals surface area contributed by atoms with E-state index in [0.717, 1.165) is 6.42 Å². The van der Waals surface area contributed by atoms with Crippen LogP contribution < -0.4 is 0 Å². The second-order valence-corrected chi connectivity index (χ2v) is 7.12. The number of fused-ring (bicyclic) bond motifs is 2. The largest absolute Gasteiger partial charge is 0.444 e. The lowest BCUT2D eigenvalue weighted by molar-refractivity contribution is -0.132. The third-order valence-electron chi connectivity index (χ3n) is 4.08. The van der Waals surface area contributed by atoms with Gasteiger partial charge in [-0.1, -0.05) is 6.92 Å². The van der Waals surface area contributed by atoms with Crippen LogP contribution in [0.1, 0.15) is 53.4 Å². The third-order valence-corrected chi connectivity index (χ3v) is 4.08. The van der Waals surface area contributed by atoms with Crippen molar-refractivity contribution in [3.63, 3.8) is 0 Å². The van der Waals surface area contributed by atoms with E-state index >= 15 is 0 Å². The van der Waals surface area contributed by atoms with Crippen LogP contribution in [-0.4, -0.2) is 47.7 Å². The van der Waals surface area contributed by atoms with Crippen molar-refractivity contribution in [3.8, 4) is 0 Å². The molecule has 2 atom stereocenters. The van der Waals surface area contributed by atoms with E-state index in [-0.39, 0.29) is 24.1 Å². The number of carbonyl (C=O) groups excluding carboxylic acids is 2. The molecule has 2 saturated heterocycles. The van der Waals surface area contributed by atoms with Gasteiger partial charge in [-0.15, -0.1) is 0 Å². The van der Waals surface area contributed by atoms with Crippen LogP contribution in [0.3, 0.4) is 0 Å². The molecule has 5 nitrogen and oxygen atoms in total. The number of rotatable bonds is 3. The molecule has 0 radical (unpaired) electrons. The van der Waals surface area contributed by atoms with E-state index in [0.29, 0.717) is 38.3 Å². The number of hydrogen-bond donors (Lipinski definition) is 0. The Morgan fingerprint density at radius 1 is 1.19 bits per heavy atom. The van der Waals surface area contributed by atoms with Crippen molar-refractivity contribution in [1.82, 2.24) is 4.90 Å². The Labute approximate surface area is 127 Å². The first-order chi connectivity index (χ1) is 9.81. The maximum absolute atomic E-state index is 12.4. The van der Waals surface area contributed by atoms with Gasteiger partial charge >= 0.3 is 6.09 Å². The average Bonchev–Trinajstić information content (AvgIpc) is 2.35. The number of hydrogen-bond acceptors (Lipinski definition) is 4. The van der Waals surface area contributed by atoms with Crippen LogP contribution in [0.5, 0.6) is 0 Å². The molecule has 5 heteroatoms. The van der Waals surface area contributed by atoms with Gasteiger partial charge in [0.15, 0.2) is 0 Å². The summed E-state index contributed by atoms with van der Waals surface area (Å²) in [6, 6.07) is -0.0590. The predicted octanol–water partition coefficient (Wildman–Crippen LogP) is 2.77. The van der Waals surface area contributed by atoms with Gasteiger partial charge in [-0.3, -0.25) is 9.69 Å². The van der Waals surface area contributed by atoms with E-state index in [2.05, 4.69) is 0 Å². The predicted molar refractivity (Wildman–Crippen MR) is 79.1 cm³/mol. The van der Waals surface area contributed by atoms with Crippen LogP contribution in [0.4, 0.5) is 4.79 Å². The number of amides is 1. The first-order valence-electron chi connectivity index (χ1n) is 7.93. The highest BCUT2D eigenvalue weighted by Crippen LogP contribution is 2.34. The number of piperidine rings is 1. The summed E-state index contributed by atoms with van der Waals surface area (Å²) in [7, 11) is 0. The first kappa shape index (κ1) is 16.3. The highest BCUT2D eigenvalue weighted by Gasteiger charge is 2.44. The van der Waals surface area contributed by atoms with Gasteiger partial charge in [0.05, 0.1) is 25.3 Å². The Bertz CT molecular complexity index is 388. The summed E-state index contributed by atoms with van der Waals surface area (Å²) < 4.78 is 11.1. The lowest BCUT2D eigenvalue weighted by Gasteiger charge is -2.47. The second kappa shape index (κ2) is 6.34. The normalized spacial score (nSPS) is 29.1. The number of ketones is 1. The fourth-order valence-corrected chi connectivity index (χ4v) is 3.24. The van der Waals surface area contributed by atoms with Crippen molar-refractivity contribution in [2.45, 2.75) is 71.1 Å². The molecule has 2 aliphatic heterocycles. The fraction of sp³-hybridized carbons (Fsp3) is 0.875. The molecular weight excluding hydrogens is 270 g/mol. The molecule has 21 heavy (non-hydrogen) atoms. The van der Waals surface area contributed by atoms with Crippen molar-refractivity contribution in [2.75, 3.05) is 13.2 Å². The van der Waals surface area contributed by atoms with Crippen molar-refractivity contribution < 1.29 is 19.1 Å². The highest BCUT2D eigenvalue weighted by molar-refractivity contribution is 5.81. The molecule has 2 aliphatic rings. The van der Waals surface area contributed by atoms with Gasteiger partial charge in [-0.2, -0.15) is 0 Å². The number of nitrogens with zero attached hydrogens (tertiary/aromatic N) is 1. The molecular formula is C16H27NO4. The molecule has 0 N–H and O–H groups in total. The molecule has 2 unspecified atom stereocenters. The molecule has 2 rings (SSSR count). The smallest absolute Gasteiger partial charge is 0.410 e. The zero-order valence-corrected chi connectivity index (χ0v) is 13.6. The zero-order valence-electron chi connectivity index (χ0n) is 13.6. The Morgan fingerprint density at radius 2 is 1.76 bits per heavy atom. The van der Waals surface area contributed by atoms with E-state index in [4.69, 9.17) is 9.47 Å². The summed E-state index contributed by atoms with van der Waals surface area (Å²) >= 11 is 0. The molecule has 0 aromatic heterocycles. The molecule has 0 aromatic carbocycles. The third kappa shape index (κ3) is 3.96. The van der Waals surface area contributed by atoms with Gasteiger partial charge in [-0.05, 0) is 40.0 Å². The van der Waals surface area contributed by atoms with Crippen molar-refractivity contribution >= 4 is 11.9 Å². The Hall–Kier alpha value is -1.10. The quantitative estimate of drug-likeness (QED) is 0.804. The van der Waals surface area contributed by atoms with Crippen LogP contribution in [0.2, 0.25) is 0 Å². The lowest BCUT2D eigenvalue weighted by Crippen LogP contribution is -2.60. The summed E-state index contributed by atoms with van der Waals surface area (Å²) in [6.45, 7) is 8.65. The van der Waals surface area contributed by atoms with Crippen LogP contribution in [0, 0.1) is 5.92 Å². The zero-order chi connectivity index (χ0) is 15.6. The van der Waals surface area contributed by atoms with E-state index in [1.54, 1.807) is 0 Å². The maximum Gasteiger partial charge on any atom is 0.410 e. The number of morpholine rings is 1. The summed E-state index contributed by atoms with van der Waals surface area (Å²) in [6.07, 6.45) is 2.65. The Morgan fingerprint density at radius 3 is 2.24 bits per heavy atom. The van der Waals surface area contributed by atoms with E-state index < -0.39 is 5.60 Å². The topological polar surface area (TPSA) is 55.8 Å². The van der Waals surface area contributed by atoms with Gasteiger partial charge in [0.25, 0.3) is 0 Å². The molecule has 120 valence electrons. The van der Waals surface area contributed by atoms with E-state index in [1.807, 2.05) is 32.6 Å². The second-order valence-electron chi connectivity index (χ2n) is 7.12. The summed E-state index contributed by atoms with van der Waals surface area (Å²) in [5.41, 5.74) is -0.499. The molecule has 2 heterocycles. The minimum Gasteiger partial charge on any atom is -0.444 e. The standard InChI is InChI=1S/C16H27NO4/c1-5-6-14(18)11-7-12-9-20-10-13(8-11)17(12)15(19)21-16(2,3)4/h11-13H,5-10H2,1-4H3. The van der Waals surface area contributed by atoms with Crippen LogP contribution in [-0.2, 0) is 14.3 Å². The number of carbonyl (C=O) groups is 2. The van der Waals surface area contributed by atoms with Gasteiger partial charge in [0.2, 0.25) is 0 Å². The number of ether oxygens (including phenoxy) is 2. The Kier molecular flexibility index (Phi) is 4.91. The fourth-order valence-electron chi connectivity index (χ4n) is 3.24. The highest BCUT2D eigenvalue weighted by atomic mass is 16.6. The Balaban J connectivity index is 2.06. The molecule has 0 spiro atoms. The van der Waals surface area contributed by atoms with Crippen molar-refractivity contribution in [3.05, 3.63) is 0 Å². The van der Waals surface area contributed by atoms with Gasteiger partial charge in [0.1, 0.15) is 11.4 Å². The van der Waals surface area contributed by atoms with Crippen LogP contribution >= 0.6 is 0 Å². The minimum atomic E-state index is -0.499. The molecule has 2 bridgehead atoms. The molecule has 0 aliphatic carbocycles. The van der Waals surface area contributed by atoms with E-state index in [1.165, 1.54) is 0 Å². The lowest BCUT2D eigenvalue weighted by atomic mass is 9.81. The average molecular weight is 297 g/mol. The molecule has 2 fully saturated rings. The first-order valence-corrected chi connectivity index (χ1v) is 7.93. The van der Waals surface area contributed by atoms with Gasteiger partial charge in [0, 0.05) is 12.3 Å². The van der Waals surface area contributed by atoms with Crippen molar-refractivity contribution in [1.29, 1.82) is 0 Å². The minimum absolute atomic E-state index is 0.0295. The molecule has 0 aromatic rings. The summed E-state index contributed by atoms with van der Waals surface area (Å²) in [5.74, 6) is 0.403. The van der Waals surface area contributed by atoms with Crippen molar-refractivity contribution in [2.24, 2.45) is 5.92 Å². The maximum atomic E-state index is 12.4. The van der Waals surface area contributed by atoms with Crippen LogP contribution in [0.25, 0.3) is 0 Å². The number of Topliss-reactive ketones (excluding diaryl/α,β-unsaturated/α-hetero) is 1. The monoisotopic (exact) mass is 297 g/mol. The molecule has 0 saturated carbocycles. The molecule has 1 amide bonds. The van der Waals surface area contributed by atoms with Gasteiger partial charge in [-0.25, -0.2) is 4.79 Å². The van der Waals surface area contributed by atoms with Crippen LogP contribution in [0.15, 0.2) is 0 Å². The SMILES string of the molecule is CCCC(=O)C1CC2COCC(C1)N2C(=O)OC(C)(C)C. The van der Waals surface area contributed by atoms with E-state index in [9.17, 15) is 9.59 Å². The summed E-state index contributed by atoms with van der Waals surface area (Å²) in [5, 5.41) is 0. The summed E-state index contributed by atoms with van der Waals surface area (Å²) in [4.78, 5) is 26.4.